The molecule has 3 aromatic rings. The van der Waals surface area contributed by atoms with Crippen LogP contribution in [0.5, 0.6) is 5.75 Å². The maximum atomic E-state index is 12.3. The molecule has 0 atom stereocenters. The van der Waals surface area contributed by atoms with Crippen LogP contribution in [0.4, 0.5) is 0 Å². The van der Waals surface area contributed by atoms with Crippen molar-refractivity contribution in [1.82, 2.24) is 10.3 Å². The Morgan fingerprint density at radius 1 is 1.04 bits per heavy atom. The van der Waals surface area contributed by atoms with E-state index in [2.05, 4.69) is 10.3 Å². The Morgan fingerprint density at radius 2 is 1.68 bits per heavy atom. The smallest absolute Gasteiger partial charge is 0.251 e. The van der Waals surface area contributed by atoms with E-state index in [1.807, 2.05) is 0 Å². The fourth-order valence-corrected chi connectivity index (χ4v) is 3.10. The molecule has 0 radical (unpaired) electrons. The quantitative estimate of drug-likeness (QED) is 0.610. The number of aromatic nitrogens is 1. The van der Waals surface area contributed by atoms with Gasteiger partial charge in [-0.2, -0.15) is 0 Å². The topological polar surface area (TPSA) is 122 Å². The van der Waals surface area contributed by atoms with Crippen LogP contribution in [-0.4, -0.2) is 24.4 Å². The van der Waals surface area contributed by atoms with Crippen molar-refractivity contribution in [3.8, 4) is 17.0 Å². The fraction of sp³-hybridized carbons (Fsp3) is 0.100. The van der Waals surface area contributed by atoms with Gasteiger partial charge in [0.1, 0.15) is 5.75 Å². The van der Waals surface area contributed by atoms with Gasteiger partial charge in [-0.05, 0) is 48.9 Å². The molecule has 1 amide bonds. The Balaban J connectivity index is 1.65. The van der Waals surface area contributed by atoms with Gasteiger partial charge < -0.3 is 10.4 Å². The monoisotopic (exact) mass is 397 g/mol. The number of sulfonamides is 1. The van der Waals surface area contributed by atoms with Crippen molar-refractivity contribution in [3.63, 3.8) is 0 Å². The lowest BCUT2D eigenvalue weighted by Gasteiger charge is -2.08. The van der Waals surface area contributed by atoms with Crippen LogP contribution in [0, 0.1) is 6.92 Å². The second kappa shape index (κ2) is 7.79. The lowest BCUT2D eigenvalue weighted by molar-refractivity contribution is 0.0951. The molecule has 0 aliphatic carbocycles. The molecule has 8 heteroatoms. The average molecular weight is 397 g/mol. The van der Waals surface area contributed by atoms with E-state index < -0.39 is 10.0 Å². The number of aryl methyl sites for hydroxylation is 1. The molecule has 7 nitrogen and oxygen atoms in total. The van der Waals surface area contributed by atoms with E-state index >= 15 is 0 Å². The minimum Gasteiger partial charge on any atom is -0.506 e. The first-order valence-corrected chi connectivity index (χ1v) is 9.95. The van der Waals surface area contributed by atoms with Gasteiger partial charge in [-0.25, -0.2) is 18.5 Å². The molecule has 0 bridgehead atoms. The molecule has 28 heavy (non-hydrogen) atoms. The van der Waals surface area contributed by atoms with Crippen LogP contribution in [0.3, 0.4) is 0 Å². The predicted molar refractivity (Wildman–Crippen MR) is 105 cm³/mol. The number of nitrogens with two attached hydrogens (primary N) is 1. The van der Waals surface area contributed by atoms with Gasteiger partial charge in [-0.3, -0.25) is 4.79 Å². The summed E-state index contributed by atoms with van der Waals surface area (Å²) in [5.41, 5.74) is 3.31. The third-order valence-electron chi connectivity index (χ3n) is 4.21. The highest BCUT2D eigenvalue weighted by molar-refractivity contribution is 7.89. The van der Waals surface area contributed by atoms with E-state index in [1.165, 1.54) is 12.1 Å². The number of carbonyl (C=O) groups is 1. The summed E-state index contributed by atoms with van der Waals surface area (Å²) in [4.78, 5) is 16.7. The number of primary sulfonamides is 1. The average Bonchev–Trinajstić information content (AvgIpc) is 2.68. The van der Waals surface area contributed by atoms with E-state index in [1.54, 1.807) is 55.5 Å². The van der Waals surface area contributed by atoms with E-state index in [0.29, 0.717) is 17.0 Å². The highest BCUT2D eigenvalue weighted by Gasteiger charge is 2.09. The van der Waals surface area contributed by atoms with Crippen molar-refractivity contribution < 1.29 is 18.3 Å². The lowest BCUT2D eigenvalue weighted by Crippen LogP contribution is -2.22. The number of amides is 1. The zero-order valence-corrected chi connectivity index (χ0v) is 15.9. The van der Waals surface area contributed by atoms with Crippen molar-refractivity contribution >= 4 is 15.9 Å². The van der Waals surface area contributed by atoms with Gasteiger partial charge >= 0.3 is 0 Å². The Hall–Kier alpha value is -3.23. The molecule has 1 heterocycles. The zero-order chi connectivity index (χ0) is 20.3. The molecule has 0 aliphatic heterocycles. The van der Waals surface area contributed by atoms with Crippen molar-refractivity contribution in [2.24, 2.45) is 5.14 Å². The Kier molecular flexibility index (Phi) is 5.43. The standard InChI is InChI=1S/C20H19N3O4S/c1-13-19(24)11-10-18(23-13)15-4-6-16(7-5-15)20(25)22-12-14-2-8-17(9-3-14)28(21,26)27/h2-11,24H,12H2,1H3,(H,22,25)(H2,21,26,27). The molecule has 0 saturated carbocycles. The molecule has 0 spiro atoms. The molecule has 2 aromatic carbocycles. The van der Waals surface area contributed by atoms with Gasteiger partial charge in [0.05, 0.1) is 16.3 Å². The fourth-order valence-electron chi connectivity index (χ4n) is 2.59. The lowest BCUT2D eigenvalue weighted by atomic mass is 10.1. The zero-order valence-electron chi connectivity index (χ0n) is 15.1. The van der Waals surface area contributed by atoms with Gasteiger partial charge in [0.2, 0.25) is 10.0 Å². The first kappa shape index (κ1) is 19.5. The van der Waals surface area contributed by atoms with Crippen LogP contribution in [0.25, 0.3) is 11.3 Å². The molecule has 0 unspecified atom stereocenters. The van der Waals surface area contributed by atoms with Crippen molar-refractivity contribution in [3.05, 3.63) is 77.5 Å². The van der Waals surface area contributed by atoms with Gasteiger partial charge in [-0.15, -0.1) is 0 Å². The van der Waals surface area contributed by atoms with Crippen LogP contribution < -0.4 is 10.5 Å². The van der Waals surface area contributed by atoms with Crippen LogP contribution in [-0.2, 0) is 16.6 Å². The van der Waals surface area contributed by atoms with Crippen LogP contribution in [0.15, 0.2) is 65.6 Å². The molecule has 3 rings (SSSR count). The number of nitrogens with one attached hydrogen (secondary N) is 1. The molecule has 0 fully saturated rings. The largest absolute Gasteiger partial charge is 0.506 e. The number of benzene rings is 2. The minimum absolute atomic E-state index is 0.0243. The van der Waals surface area contributed by atoms with Gasteiger partial charge in [0.25, 0.3) is 5.91 Å². The van der Waals surface area contributed by atoms with Crippen LogP contribution in [0.1, 0.15) is 21.6 Å². The molecule has 1 aromatic heterocycles. The molecule has 144 valence electrons. The summed E-state index contributed by atoms with van der Waals surface area (Å²) in [5, 5.41) is 17.4. The highest BCUT2D eigenvalue weighted by Crippen LogP contribution is 2.22. The number of carbonyl (C=O) groups excluding carboxylic acids is 1. The predicted octanol–water partition coefficient (Wildman–Crippen LogP) is 2.34. The summed E-state index contributed by atoms with van der Waals surface area (Å²) in [7, 11) is -3.73. The Labute approximate surface area is 162 Å². The summed E-state index contributed by atoms with van der Waals surface area (Å²) in [5.74, 6) is -0.117. The van der Waals surface area contributed by atoms with Crippen molar-refractivity contribution in [2.75, 3.05) is 0 Å². The van der Waals surface area contributed by atoms with E-state index in [4.69, 9.17) is 5.14 Å². The summed E-state index contributed by atoms with van der Waals surface area (Å²) >= 11 is 0. The maximum Gasteiger partial charge on any atom is 0.251 e. The first-order chi connectivity index (χ1) is 13.2. The second-order valence-corrected chi connectivity index (χ2v) is 7.81. The summed E-state index contributed by atoms with van der Waals surface area (Å²) in [6.45, 7) is 1.97. The molecular formula is C20H19N3O4S. The van der Waals surface area contributed by atoms with Crippen LogP contribution >= 0.6 is 0 Å². The third kappa shape index (κ3) is 4.54. The SMILES string of the molecule is Cc1nc(-c2ccc(C(=O)NCc3ccc(S(N)(=O)=O)cc3)cc2)ccc1O. The number of pyridine rings is 1. The van der Waals surface area contributed by atoms with E-state index in [9.17, 15) is 18.3 Å². The van der Waals surface area contributed by atoms with Crippen molar-refractivity contribution in [1.29, 1.82) is 0 Å². The van der Waals surface area contributed by atoms with Gasteiger partial charge in [0.15, 0.2) is 0 Å². The van der Waals surface area contributed by atoms with E-state index in [-0.39, 0.29) is 23.1 Å². The van der Waals surface area contributed by atoms with Crippen molar-refractivity contribution in [2.45, 2.75) is 18.4 Å². The molecular weight excluding hydrogens is 378 g/mol. The first-order valence-electron chi connectivity index (χ1n) is 8.41. The summed E-state index contributed by atoms with van der Waals surface area (Å²) in [6.07, 6.45) is 0. The van der Waals surface area contributed by atoms with E-state index in [0.717, 1.165) is 11.1 Å². The van der Waals surface area contributed by atoms with Gasteiger partial charge in [0, 0.05) is 17.7 Å². The number of hydrogen-bond acceptors (Lipinski definition) is 5. The normalized spacial score (nSPS) is 11.2. The molecule has 0 saturated heterocycles. The highest BCUT2D eigenvalue weighted by atomic mass is 32.2. The van der Waals surface area contributed by atoms with Crippen LogP contribution in [0.2, 0.25) is 0 Å². The Morgan fingerprint density at radius 3 is 2.25 bits per heavy atom. The summed E-state index contributed by atoms with van der Waals surface area (Å²) < 4.78 is 22.5. The third-order valence-corrected chi connectivity index (χ3v) is 5.13. The number of rotatable bonds is 5. The number of nitrogens with zero attached hydrogens (tertiary/aromatic N) is 1. The number of aromatic hydroxyl groups is 1. The van der Waals surface area contributed by atoms with Gasteiger partial charge in [-0.1, -0.05) is 24.3 Å². The summed E-state index contributed by atoms with van der Waals surface area (Å²) in [6, 6.07) is 16.3. The second-order valence-electron chi connectivity index (χ2n) is 6.25. The number of hydrogen-bond donors (Lipinski definition) is 3. The molecule has 4 N–H and O–H groups in total. The maximum absolute atomic E-state index is 12.3. The minimum atomic E-state index is -3.73. The Bertz CT molecular complexity index is 1110. The molecule has 0 aliphatic rings.